The Morgan fingerprint density at radius 1 is 1.27 bits per heavy atom. The molecule has 6 nitrogen and oxygen atoms in total. The molecule has 0 radical (unpaired) electrons. The molecule has 3 rings (SSSR count). The van der Waals surface area contributed by atoms with Crippen molar-refractivity contribution in [3.8, 4) is 0 Å². The summed E-state index contributed by atoms with van der Waals surface area (Å²) in [6.07, 6.45) is 1.64. The molecule has 0 unspecified atom stereocenters. The van der Waals surface area contributed by atoms with Crippen molar-refractivity contribution in [3.63, 3.8) is 0 Å². The number of pyridine rings is 1. The van der Waals surface area contributed by atoms with E-state index in [1.807, 2.05) is 13.0 Å². The number of hydrogen-bond acceptors (Lipinski definition) is 4. The summed E-state index contributed by atoms with van der Waals surface area (Å²) in [5.41, 5.74) is 8.38. The van der Waals surface area contributed by atoms with E-state index >= 15 is 0 Å². The number of fused-ring (bicyclic) bond motifs is 1. The molecule has 0 aliphatic carbocycles. The number of rotatable bonds is 6. The van der Waals surface area contributed by atoms with Gasteiger partial charge in [0.15, 0.2) is 0 Å². The zero-order chi connectivity index (χ0) is 18.7. The molecule has 2 heterocycles. The minimum absolute atomic E-state index is 0.0488. The van der Waals surface area contributed by atoms with Gasteiger partial charge in [0, 0.05) is 35.2 Å². The number of carbonyl (C=O) groups is 2. The van der Waals surface area contributed by atoms with E-state index in [4.69, 9.17) is 17.3 Å². The summed E-state index contributed by atoms with van der Waals surface area (Å²) in [6, 6.07) is 8.82. The fraction of sp³-hybridized carbons (Fsp3) is 0.211. The van der Waals surface area contributed by atoms with E-state index in [1.165, 1.54) is 0 Å². The molecule has 4 N–H and O–H groups in total. The molecular formula is C19H19ClN4O2. The Morgan fingerprint density at radius 3 is 2.81 bits per heavy atom. The highest BCUT2D eigenvalue weighted by Gasteiger charge is 2.22. The predicted octanol–water partition coefficient (Wildman–Crippen LogP) is 2.37. The van der Waals surface area contributed by atoms with E-state index in [0.29, 0.717) is 35.1 Å². The lowest BCUT2D eigenvalue weighted by molar-refractivity contribution is -0.120. The third-order valence-electron chi connectivity index (χ3n) is 4.05. The number of nitrogens with two attached hydrogens (primary N) is 1. The van der Waals surface area contributed by atoms with Crippen LogP contribution in [0.4, 0.5) is 0 Å². The van der Waals surface area contributed by atoms with Gasteiger partial charge in [-0.05, 0) is 48.4 Å². The SMILES string of the molecule is Cc1ccnc(C(=O)c2[nH]c3ccc(Cl)cc3c2CC(=O)NCCN)c1. The average molecular weight is 371 g/mol. The van der Waals surface area contributed by atoms with Crippen LogP contribution in [0.25, 0.3) is 10.9 Å². The number of ketones is 1. The van der Waals surface area contributed by atoms with Crippen molar-refractivity contribution in [2.24, 2.45) is 5.73 Å². The van der Waals surface area contributed by atoms with E-state index in [0.717, 1.165) is 16.5 Å². The fourth-order valence-corrected chi connectivity index (χ4v) is 2.99. The number of amides is 1. The molecule has 26 heavy (non-hydrogen) atoms. The number of H-pyrrole nitrogens is 1. The first kappa shape index (κ1) is 18.1. The quantitative estimate of drug-likeness (QED) is 0.580. The first-order valence-electron chi connectivity index (χ1n) is 8.24. The van der Waals surface area contributed by atoms with E-state index in [-0.39, 0.29) is 18.1 Å². The summed E-state index contributed by atoms with van der Waals surface area (Å²) in [5.74, 6) is -0.467. The Kier molecular flexibility index (Phi) is 5.35. The second-order valence-electron chi connectivity index (χ2n) is 6.03. The van der Waals surface area contributed by atoms with E-state index < -0.39 is 0 Å². The van der Waals surface area contributed by atoms with Gasteiger partial charge in [-0.25, -0.2) is 0 Å². The van der Waals surface area contributed by atoms with Crippen LogP contribution < -0.4 is 11.1 Å². The summed E-state index contributed by atoms with van der Waals surface area (Å²) in [5, 5.41) is 4.01. The highest BCUT2D eigenvalue weighted by molar-refractivity contribution is 6.31. The fourth-order valence-electron chi connectivity index (χ4n) is 2.82. The van der Waals surface area contributed by atoms with E-state index in [2.05, 4.69) is 15.3 Å². The maximum atomic E-state index is 13.0. The van der Waals surface area contributed by atoms with Gasteiger partial charge >= 0.3 is 0 Å². The Labute approximate surface area is 155 Å². The molecule has 0 aliphatic heterocycles. The normalized spacial score (nSPS) is 10.9. The summed E-state index contributed by atoms with van der Waals surface area (Å²) in [4.78, 5) is 32.5. The molecular weight excluding hydrogens is 352 g/mol. The van der Waals surface area contributed by atoms with Gasteiger partial charge in [-0.1, -0.05) is 11.6 Å². The van der Waals surface area contributed by atoms with Crippen LogP contribution >= 0.6 is 11.6 Å². The monoisotopic (exact) mass is 370 g/mol. The summed E-state index contributed by atoms with van der Waals surface area (Å²) < 4.78 is 0. The van der Waals surface area contributed by atoms with Crippen molar-refractivity contribution in [3.05, 3.63) is 64.1 Å². The van der Waals surface area contributed by atoms with Crippen LogP contribution in [0, 0.1) is 6.92 Å². The maximum absolute atomic E-state index is 13.0. The molecule has 0 spiro atoms. The third kappa shape index (κ3) is 3.76. The number of carbonyl (C=O) groups excluding carboxylic acids is 2. The highest BCUT2D eigenvalue weighted by atomic mass is 35.5. The standard InChI is InChI=1S/C19H19ClN4O2/c1-11-4-6-22-16(8-11)19(26)18-14(10-17(25)23-7-5-21)13-9-12(20)2-3-15(13)24-18/h2-4,6,8-9,24H,5,7,10,21H2,1H3,(H,23,25). The van der Waals surface area contributed by atoms with Crippen molar-refractivity contribution in [2.75, 3.05) is 13.1 Å². The predicted molar refractivity (Wildman–Crippen MR) is 101 cm³/mol. The first-order chi connectivity index (χ1) is 12.5. The van der Waals surface area contributed by atoms with Gasteiger partial charge in [0.05, 0.1) is 12.1 Å². The largest absolute Gasteiger partial charge is 0.355 e. The van der Waals surface area contributed by atoms with Crippen LogP contribution in [-0.2, 0) is 11.2 Å². The molecule has 7 heteroatoms. The third-order valence-corrected chi connectivity index (χ3v) is 4.28. The Bertz CT molecular complexity index is 981. The Hall–Kier alpha value is -2.70. The molecule has 0 saturated carbocycles. The van der Waals surface area contributed by atoms with Crippen molar-refractivity contribution in [1.29, 1.82) is 0 Å². The number of halogens is 1. The lowest BCUT2D eigenvalue weighted by Gasteiger charge is -2.06. The number of aryl methyl sites for hydroxylation is 1. The second kappa shape index (κ2) is 7.68. The van der Waals surface area contributed by atoms with E-state index in [9.17, 15) is 9.59 Å². The second-order valence-corrected chi connectivity index (χ2v) is 6.47. The zero-order valence-electron chi connectivity index (χ0n) is 14.3. The van der Waals surface area contributed by atoms with Crippen LogP contribution in [-0.4, -0.2) is 34.7 Å². The molecule has 1 amide bonds. The number of aromatic nitrogens is 2. The van der Waals surface area contributed by atoms with Gasteiger partial charge < -0.3 is 16.0 Å². The van der Waals surface area contributed by atoms with Gasteiger partial charge in [-0.2, -0.15) is 0 Å². The minimum Gasteiger partial charge on any atom is -0.355 e. The topological polar surface area (TPSA) is 101 Å². The molecule has 0 aliphatic rings. The average Bonchev–Trinajstić information content (AvgIpc) is 2.97. The number of nitrogens with one attached hydrogen (secondary N) is 2. The lowest BCUT2D eigenvalue weighted by atomic mass is 10.0. The van der Waals surface area contributed by atoms with Crippen molar-refractivity contribution >= 4 is 34.2 Å². The van der Waals surface area contributed by atoms with Gasteiger partial charge in [0.2, 0.25) is 11.7 Å². The summed E-state index contributed by atoms with van der Waals surface area (Å²) in [6.45, 7) is 2.62. The minimum atomic E-state index is -0.261. The molecule has 1 aromatic carbocycles. The van der Waals surface area contributed by atoms with Gasteiger partial charge in [0.1, 0.15) is 5.69 Å². The van der Waals surface area contributed by atoms with Crippen molar-refractivity contribution in [2.45, 2.75) is 13.3 Å². The summed E-state index contributed by atoms with van der Waals surface area (Å²) in [7, 11) is 0. The van der Waals surface area contributed by atoms with Crippen LogP contribution in [0.2, 0.25) is 5.02 Å². The molecule has 0 saturated heterocycles. The molecule has 2 aromatic heterocycles. The number of hydrogen-bond donors (Lipinski definition) is 3. The van der Waals surface area contributed by atoms with E-state index in [1.54, 1.807) is 30.5 Å². The zero-order valence-corrected chi connectivity index (χ0v) is 15.1. The van der Waals surface area contributed by atoms with Crippen LogP contribution in [0.3, 0.4) is 0 Å². The molecule has 0 bridgehead atoms. The Balaban J connectivity index is 2.07. The molecule has 0 atom stereocenters. The van der Waals surface area contributed by atoms with Gasteiger partial charge in [-0.15, -0.1) is 0 Å². The van der Waals surface area contributed by atoms with Crippen molar-refractivity contribution in [1.82, 2.24) is 15.3 Å². The number of benzene rings is 1. The molecule has 0 fully saturated rings. The van der Waals surface area contributed by atoms with Gasteiger partial charge in [-0.3, -0.25) is 14.6 Å². The molecule has 3 aromatic rings. The Morgan fingerprint density at radius 2 is 2.08 bits per heavy atom. The maximum Gasteiger partial charge on any atom is 0.227 e. The molecule has 134 valence electrons. The summed E-state index contributed by atoms with van der Waals surface area (Å²) >= 11 is 6.11. The van der Waals surface area contributed by atoms with Crippen LogP contribution in [0.15, 0.2) is 36.5 Å². The van der Waals surface area contributed by atoms with Crippen LogP contribution in [0.5, 0.6) is 0 Å². The highest BCUT2D eigenvalue weighted by Crippen LogP contribution is 2.27. The smallest absolute Gasteiger partial charge is 0.227 e. The number of nitrogens with zero attached hydrogens (tertiary/aromatic N) is 1. The van der Waals surface area contributed by atoms with Gasteiger partial charge in [0.25, 0.3) is 0 Å². The first-order valence-corrected chi connectivity index (χ1v) is 8.61. The lowest BCUT2D eigenvalue weighted by Crippen LogP contribution is -2.30. The number of aromatic amines is 1. The van der Waals surface area contributed by atoms with Crippen molar-refractivity contribution < 1.29 is 9.59 Å². The van der Waals surface area contributed by atoms with Crippen LogP contribution in [0.1, 0.15) is 27.3 Å².